The van der Waals surface area contributed by atoms with Crippen LogP contribution in [-0.2, 0) is 25.0 Å². The van der Waals surface area contributed by atoms with E-state index in [1.54, 1.807) is 48.6 Å². The van der Waals surface area contributed by atoms with Crippen molar-refractivity contribution in [1.82, 2.24) is 10.2 Å². The molecule has 37 heavy (non-hydrogen) atoms. The summed E-state index contributed by atoms with van der Waals surface area (Å²) < 4.78 is 70.5. The van der Waals surface area contributed by atoms with Crippen LogP contribution in [0.4, 0.5) is 0 Å². The van der Waals surface area contributed by atoms with Crippen LogP contribution < -0.4 is 0 Å². The Balaban J connectivity index is 1.42. The third kappa shape index (κ3) is 4.77. The van der Waals surface area contributed by atoms with Crippen LogP contribution in [0.1, 0.15) is 17.9 Å². The van der Waals surface area contributed by atoms with Gasteiger partial charge in [0.05, 0.1) is 4.90 Å². The lowest BCUT2D eigenvalue weighted by atomic mass is 9.92. The highest BCUT2D eigenvalue weighted by molar-refractivity contribution is 7.87. The zero-order valence-electron chi connectivity index (χ0n) is 19.1. The molecule has 1 unspecified atom stereocenters. The lowest BCUT2D eigenvalue weighted by molar-refractivity contribution is 0.401. The molecular weight excluding hydrogens is 516 g/mol. The van der Waals surface area contributed by atoms with E-state index >= 15 is 0 Å². The van der Waals surface area contributed by atoms with Crippen LogP contribution in [0, 0.1) is 0 Å². The van der Waals surface area contributed by atoms with E-state index in [0.29, 0.717) is 11.1 Å². The maximum atomic E-state index is 12.5. The number of benzene rings is 3. The zero-order valence-corrected chi connectivity index (χ0v) is 20.7. The topological polar surface area (TPSA) is 148 Å². The highest BCUT2D eigenvalue weighted by Crippen LogP contribution is 2.40. The van der Waals surface area contributed by atoms with Crippen molar-refractivity contribution in [3.8, 4) is 22.6 Å². The van der Waals surface area contributed by atoms with E-state index < -0.39 is 25.0 Å². The molecule has 9 nitrogen and oxygen atoms in total. The first-order valence-corrected chi connectivity index (χ1v) is 13.9. The summed E-state index contributed by atoms with van der Waals surface area (Å²) in [6, 6.07) is 22.0. The van der Waals surface area contributed by atoms with E-state index in [2.05, 4.69) is 10.2 Å². The molecule has 0 saturated carbocycles. The fraction of sp³-hybridized carbons (Fsp3) is 0.0769. The van der Waals surface area contributed by atoms with Gasteiger partial charge in [-0.25, -0.2) is 0 Å². The average Bonchev–Trinajstić information content (AvgIpc) is 3.39. The summed E-state index contributed by atoms with van der Waals surface area (Å²) in [5, 5.41) is 7.95. The Bertz CT molecular complexity index is 1720. The van der Waals surface area contributed by atoms with Gasteiger partial charge in [-0.1, -0.05) is 72.8 Å². The van der Waals surface area contributed by atoms with Gasteiger partial charge in [0.15, 0.2) is 4.75 Å². The predicted molar refractivity (Wildman–Crippen MR) is 136 cm³/mol. The van der Waals surface area contributed by atoms with Crippen LogP contribution in [0.3, 0.4) is 0 Å². The van der Waals surface area contributed by atoms with Gasteiger partial charge in [-0.2, -0.15) is 16.8 Å². The molecule has 0 aliphatic heterocycles. The first-order chi connectivity index (χ1) is 17.6. The fourth-order valence-electron chi connectivity index (χ4n) is 4.06. The maximum Gasteiger partial charge on any atom is 0.294 e. The van der Waals surface area contributed by atoms with Gasteiger partial charge in [0.1, 0.15) is 0 Å². The van der Waals surface area contributed by atoms with Crippen molar-refractivity contribution < 1.29 is 30.4 Å². The zero-order chi connectivity index (χ0) is 26.3. The van der Waals surface area contributed by atoms with E-state index in [9.17, 15) is 21.4 Å². The molecule has 0 amide bonds. The summed E-state index contributed by atoms with van der Waals surface area (Å²) in [7, 11) is -8.94. The summed E-state index contributed by atoms with van der Waals surface area (Å²) in [5.74, 6) is -0.188. The van der Waals surface area contributed by atoms with Crippen molar-refractivity contribution in [2.45, 2.75) is 16.1 Å². The van der Waals surface area contributed by atoms with Crippen molar-refractivity contribution in [2.24, 2.45) is 0 Å². The summed E-state index contributed by atoms with van der Waals surface area (Å²) in [6.45, 7) is 0. The number of rotatable bonds is 6. The molecule has 188 valence electrons. The highest BCUT2D eigenvalue weighted by atomic mass is 32.2. The van der Waals surface area contributed by atoms with Crippen LogP contribution in [0.25, 0.3) is 28.2 Å². The van der Waals surface area contributed by atoms with Gasteiger partial charge in [0, 0.05) is 12.0 Å². The third-order valence-corrected chi connectivity index (χ3v) is 8.40. The van der Waals surface area contributed by atoms with Gasteiger partial charge >= 0.3 is 0 Å². The smallest absolute Gasteiger partial charge is 0.294 e. The molecule has 5 rings (SSSR count). The molecule has 0 spiro atoms. The number of hydrogen-bond acceptors (Lipinski definition) is 7. The Morgan fingerprint density at radius 2 is 1.32 bits per heavy atom. The Hall–Kier alpha value is -3.90. The molecule has 2 N–H and O–H groups in total. The second-order valence-electron chi connectivity index (χ2n) is 8.42. The summed E-state index contributed by atoms with van der Waals surface area (Å²) >= 11 is 0. The molecule has 4 aromatic rings. The summed E-state index contributed by atoms with van der Waals surface area (Å²) in [4.78, 5) is -0.207. The standard InChI is InChI=1S/C26H20N2O7S2/c29-36(30,31)23-12-10-20(11-13-23)19-6-8-22(9-7-19)24-27-28-25(35-24)26(37(32,33)34)16-14-21(15-17-26)18-4-2-1-3-5-18/h1-16H,17H2,(H,29,30,31)(H,32,33,34). The summed E-state index contributed by atoms with van der Waals surface area (Å²) in [6.07, 6.45) is 4.58. The predicted octanol–water partition coefficient (Wildman–Crippen LogP) is 4.78. The molecule has 3 aromatic carbocycles. The Kier molecular flexibility index (Phi) is 6.16. The van der Waals surface area contributed by atoms with Gasteiger partial charge in [-0.05, 0) is 46.5 Å². The first kappa shape index (κ1) is 24.8. The van der Waals surface area contributed by atoms with Crippen LogP contribution in [0.2, 0.25) is 0 Å². The number of hydrogen-bond donors (Lipinski definition) is 2. The van der Waals surface area contributed by atoms with Crippen LogP contribution in [-0.4, -0.2) is 36.1 Å². The third-order valence-electron chi connectivity index (χ3n) is 6.13. The van der Waals surface area contributed by atoms with Gasteiger partial charge in [-0.15, -0.1) is 10.2 Å². The minimum Gasteiger partial charge on any atom is -0.418 e. The normalized spacial score (nSPS) is 17.9. The lowest BCUT2D eigenvalue weighted by Gasteiger charge is -2.25. The number of aromatic nitrogens is 2. The second-order valence-corrected chi connectivity index (χ2v) is 11.5. The molecule has 1 atom stereocenters. The van der Waals surface area contributed by atoms with Crippen LogP contribution in [0.15, 0.2) is 106 Å². The van der Waals surface area contributed by atoms with Gasteiger partial charge < -0.3 is 4.42 Å². The molecule has 1 aromatic heterocycles. The Morgan fingerprint density at radius 1 is 0.730 bits per heavy atom. The van der Waals surface area contributed by atoms with E-state index in [1.165, 1.54) is 18.2 Å². The maximum absolute atomic E-state index is 12.5. The highest BCUT2D eigenvalue weighted by Gasteiger charge is 2.48. The van der Waals surface area contributed by atoms with E-state index in [4.69, 9.17) is 8.97 Å². The van der Waals surface area contributed by atoms with Gasteiger partial charge in [0.25, 0.3) is 20.2 Å². The number of allylic oxidation sites excluding steroid dienone is 3. The fourth-order valence-corrected chi connectivity index (χ4v) is 5.38. The molecular formula is C26H20N2O7S2. The average molecular weight is 537 g/mol. The molecule has 0 saturated heterocycles. The molecule has 1 aliphatic rings. The molecule has 1 aliphatic carbocycles. The van der Waals surface area contributed by atoms with E-state index in [-0.39, 0.29) is 23.1 Å². The molecule has 0 fully saturated rings. The van der Waals surface area contributed by atoms with Gasteiger partial charge in [0.2, 0.25) is 11.8 Å². The summed E-state index contributed by atoms with van der Waals surface area (Å²) in [5.41, 5.74) is 3.70. The Labute approximate surface area is 213 Å². The van der Waals surface area contributed by atoms with E-state index in [1.807, 2.05) is 30.3 Å². The molecule has 1 heterocycles. The SMILES string of the molecule is O=S(=O)(O)c1ccc(-c2ccc(-c3nnc(C4(S(=O)(=O)O)C=CC(c5ccccc5)=CC4)o3)cc2)cc1. The minimum atomic E-state index is -4.66. The second kappa shape index (κ2) is 9.20. The molecule has 11 heteroatoms. The van der Waals surface area contributed by atoms with Crippen molar-refractivity contribution in [1.29, 1.82) is 0 Å². The largest absolute Gasteiger partial charge is 0.418 e. The minimum absolute atomic E-state index is 0.0672. The molecule has 0 bridgehead atoms. The lowest BCUT2D eigenvalue weighted by Crippen LogP contribution is -2.34. The quantitative estimate of drug-likeness (QED) is 0.332. The number of nitrogens with zero attached hydrogens (tertiary/aromatic N) is 2. The molecule has 0 radical (unpaired) electrons. The van der Waals surface area contributed by atoms with Crippen molar-refractivity contribution in [2.75, 3.05) is 0 Å². The van der Waals surface area contributed by atoms with Crippen molar-refractivity contribution >= 4 is 25.8 Å². The van der Waals surface area contributed by atoms with Crippen molar-refractivity contribution in [3.05, 3.63) is 109 Å². The van der Waals surface area contributed by atoms with Crippen molar-refractivity contribution in [3.63, 3.8) is 0 Å². The van der Waals surface area contributed by atoms with Crippen LogP contribution in [0.5, 0.6) is 0 Å². The monoisotopic (exact) mass is 536 g/mol. The van der Waals surface area contributed by atoms with Crippen LogP contribution >= 0.6 is 0 Å². The Morgan fingerprint density at radius 3 is 1.86 bits per heavy atom. The van der Waals surface area contributed by atoms with Gasteiger partial charge in [-0.3, -0.25) is 9.11 Å². The first-order valence-electron chi connectivity index (χ1n) is 11.0. The van der Waals surface area contributed by atoms with E-state index in [0.717, 1.165) is 16.7 Å².